The summed E-state index contributed by atoms with van der Waals surface area (Å²) in [5.74, 6) is 1.07. The van der Waals surface area contributed by atoms with Gasteiger partial charge >= 0.3 is 0 Å². The molecule has 1 atom stereocenters. The van der Waals surface area contributed by atoms with Gasteiger partial charge in [0.1, 0.15) is 0 Å². The van der Waals surface area contributed by atoms with Gasteiger partial charge in [-0.1, -0.05) is 30.3 Å². The summed E-state index contributed by atoms with van der Waals surface area (Å²) in [6.45, 7) is 9.75. The van der Waals surface area contributed by atoms with Crippen molar-refractivity contribution in [2.45, 2.75) is 57.7 Å². The predicted molar refractivity (Wildman–Crippen MR) is 123 cm³/mol. The zero-order valence-electron chi connectivity index (χ0n) is 18.9. The van der Waals surface area contributed by atoms with E-state index in [0.29, 0.717) is 12.1 Å². The Hall–Kier alpha value is -1.63. The number of ether oxygens (including phenoxy) is 2. The van der Waals surface area contributed by atoms with Gasteiger partial charge in [-0.05, 0) is 51.1 Å². The van der Waals surface area contributed by atoms with E-state index in [-0.39, 0.29) is 0 Å². The molecular formula is C24H40N4O2. The summed E-state index contributed by atoms with van der Waals surface area (Å²) in [7, 11) is 1.74. The molecule has 1 aromatic rings. The van der Waals surface area contributed by atoms with E-state index in [4.69, 9.17) is 14.5 Å². The van der Waals surface area contributed by atoms with Gasteiger partial charge in [-0.3, -0.25) is 9.89 Å². The zero-order valence-corrected chi connectivity index (χ0v) is 18.9. The molecule has 2 heterocycles. The first kappa shape index (κ1) is 23.0. The number of benzene rings is 1. The van der Waals surface area contributed by atoms with Crippen molar-refractivity contribution in [3.8, 4) is 0 Å². The molecule has 0 spiro atoms. The summed E-state index contributed by atoms with van der Waals surface area (Å²) >= 11 is 0. The zero-order chi connectivity index (χ0) is 21.0. The van der Waals surface area contributed by atoms with E-state index >= 15 is 0 Å². The van der Waals surface area contributed by atoms with Crippen LogP contribution in [0.1, 0.15) is 44.6 Å². The number of hydrogen-bond donors (Lipinski definition) is 1. The minimum Gasteiger partial charge on any atom is -0.385 e. The van der Waals surface area contributed by atoms with Gasteiger partial charge in [0.25, 0.3) is 0 Å². The van der Waals surface area contributed by atoms with Crippen molar-refractivity contribution in [2.75, 3.05) is 53.0 Å². The molecule has 6 heteroatoms. The minimum absolute atomic E-state index is 0.372. The Bertz CT molecular complexity index is 617. The van der Waals surface area contributed by atoms with E-state index in [1.807, 2.05) is 0 Å². The Morgan fingerprint density at radius 1 is 1.10 bits per heavy atom. The van der Waals surface area contributed by atoms with Crippen molar-refractivity contribution in [3.63, 3.8) is 0 Å². The standard InChI is InChI=1S/C24H40N4O2/c1-3-25-24(27-15-12-23(13-16-27)30-18-8-17-29-2)26-19-22-11-7-14-28(22)20-21-9-5-4-6-10-21/h4-6,9-10,22-23H,3,7-8,11-20H2,1-2H3,(H,25,26). The summed E-state index contributed by atoms with van der Waals surface area (Å²) in [6.07, 6.45) is 6.00. The largest absolute Gasteiger partial charge is 0.385 e. The molecule has 0 bridgehead atoms. The molecular weight excluding hydrogens is 376 g/mol. The van der Waals surface area contributed by atoms with E-state index in [2.05, 4.69) is 52.4 Å². The normalized spacial score (nSPS) is 21.3. The first-order chi connectivity index (χ1) is 14.8. The second-order valence-corrected chi connectivity index (χ2v) is 8.35. The summed E-state index contributed by atoms with van der Waals surface area (Å²) in [6, 6.07) is 11.3. The van der Waals surface area contributed by atoms with Gasteiger partial charge < -0.3 is 19.7 Å². The Labute approximate surface area is 182 Å². The smallest absolute Gasteiger partial charge is 0.193 e. The van der Waals surface area contributed by atoms with E-state index in [1.54, 1.807) is 7.11 Å². The lowest BCUT2D eigenvalue weighted by Crippen LogP contribution is -2.47. The molecule has 30 heavy (non-hydrogen) atoms. The van der Waals surface area contributed by atoms with Crippen LogP contribution in [-0.4, -0.2) is 81.0 Å². The highest BCUT2D eigenvalue weighted by Crippen LogP contribution is 2.21. The topological polar surface area (TPSA) is 49.3 Å². The van der Waals surface area contributed by atoms with Gasteiger partial charge in [-0.15, -0.1) is 0 Å². The fraction of sp³-hybridized carbons (Fsp3) is 0.708. The van der Waals surface area contributed by atoms with Crippen LogP contribution in [0.4, 0.5) is 0 Å². The number of nitrogens with one attached hydrogen (secondary N) is 1. The lowest BCUT2D eigenvalue weighted by atomic mass is 10.1. The second-order valence-electron chi connectivity index (χ2n) is 8.35. The van der Waals surface area contributed by atoms with Gasteiger partial charge in [0.2, 0.25) is 0 Å². The van der Waals surface area contributed by atoms with Crippen molar-refractivity contribution in [1.82, 2.24) is 15.1 Å². The van der Waals surface area contributed by atoms with Crippen LogP contribution in [0.3, 0.4) is 0 Å². The molecule has 2 saturated heterocycles. The third kappa shape index (κ3) is 7.25. The maximum Gasteiger partial charge on any atom is 0.193 e. The van der Waals surface area contributed by atoms with Crippen LogP contribution in [0.25, 0.3) is 0 Å². The number of rotatable bonds is 10. The van der Waals surface area contributed by atoms with Crippen molar-refractivity contribution in [3.05, 3.63) is 35.9 Å². The summed E-state index contributed by atoms with van der Waals surface area (Å²) in [5.41, 5.74) is 1.40. The summed E-state index contributed by atoms with van der Waals surface area (Å²) < 4.78 is 11.1. The molecule has 0 aromatic heterocycles. The lowest BCUT2D eigenvalue weighted by Gasteiger charge is -2.34. The van der Waals surface area contributed by atoms with Crippen LogP contribution < -0.4 is 5.32 Å². The highest BCUT2D eigenvalue weighted by molar-refractivity contribution is 5.80. The molecule has 6 nitrogen and oxygen atoms in total. The second kappa shape index (κ2) is 12.9. The molecule has 0 aliphatic carbocycles. The molecule has 2 aliphatic heterocycles. The quantitative estimate of drug-likeness (QED) is 0.361. The maximum absolute atomic E-state index is 6.01. The Balaban J connectivity index is 1.48. The highest BCUT2D eigenvalue weighted by Gasteiger charge is 2.26. The molecule has 0 radical (unpaired) electrons. The molecule has 1 N–H and O–H groups in total. The molecule has 0 amide bonds. The first-order valence-electron chi connectivity index (χ1n) is 11.7. The molecule has 2 fully saturated rings. The fourth-order valence-electron chi connectivity index (χ4n) is 4.43. The number of hydrogen-bond acceptors (Lipinski definition) is 4. The number of aliphatic imine (C=N–C) groups is 1. The molecule has 1 aromatic carbocycles. The van der Waals surface area contributed by atoms with E-state index in [1.165, 1.54) is 24.9 Å². The SMILES string of the molecule is CCNC(=NCC1CCCN1Cc1ccccc1)N1CCC(OCCCOC)CC1. The van der Waals surface area contributed by atoms with Gasteiger partial charge in [-0.2, -0.15) is 0 Å². The number of methoxy groups -OCH3 is 1. The molecule has 2 aliphatic rings. The average Bonchev–Trinajstić information content (AvgIpc) is 3.22. The summed E-state index contributed by atoms with van der Waals surface area (Å²) in [4.78, 5) is 10.1. The Morgan fingerprint density at radius 3 is 2.63 bits per heavy atom. The molecule has 3 rings (SSSR count). The van der Waals surface area contributed by atoms with Gasteiger partial charge in [0.05, 0.1) is 12.6 Å². The van der Waals surface area contributed by atoms with E-state index < -0.39 is 0 Å². The van der Waals surface area contributed by atoms with Crippen molar-refractivity contribution in [1.29, 1.82) is 0 Å². The monoisotopic (exact) mass is 416 g/mol. The van der Waals surface area contributed by atoms with E-state index in [0.717, 1.165) is 71.2 Å². The van der Waals surface area contributed by atoms with E-state index in [9.17, 15) is 0 Å². The Kier molecular flexibility index (Phi) is 9.93. The lowest BCUT2D eigenvalue weighted by molar-refractivity contribution is 0.00989. The minimum atomic E-state index is 0.372. The van der Waals surface area contributed by atoms with Crippen molar-refractivity contribution >= 4 is 5.96 Å². The number of likely N-dealkylation sites (tertiary alicyclic amines) is 2. The van der Waals surface area contributed by atoms with Crippen LogP contribution in [0.5, 0.6) is 0 Å². The van der Waals surface area contributed by atoms with Crippen LogP contribution >= 0.6 is 0 Å². The van der Waals surface area contributed by atoms with Crippen LogP contribution in [-0.2, 0) is 16.0 Å². The third-order valence-corrected chi connectivity index (χ3v) is 6.10. The highest BCUT2D eigenvalue weighted by atomic mass is 16.5. The van der Waals surface area contributed by atoms with Gasteiger partial charge in [0.15, 0.2) is 5.96 Å². The average molecular weight is 417 g/mol. The van der Waals surface area contributed by atoms with Crippen LogP contribution in [0.15, 0.2) is 35.3 Å². The van der Waals surface area contributed by atoms with Gasteiger partial charge in [0, 0.05) is 52.5 Å². The maximum atomic E-state index is 6.01. The van der Waals surface area contributed by atoms with Crippen molar-refractivity contribution in [2.24, 2.45) is 4.99 Å². The molecule has 0 saturated carbocycles. The number of guanidine groups is 1. The fourth-order valence-corrected chi connectivity index (χ4v) is 4.43. The summed E-state index contributed by atoms with van der Waals surface area (Å²) in [5, 5.41) is 3.52. The molecule has 168 valence electrons. The van der Waals surface area contributed by atoms with Crippen molar-refractivity contribution < 1.29 is 9.47 Å². The molecule has 1 unspecified atom stereocenters. The van der Waals surface area contributed by atoms with Crippen LogP contribution in [0.2, 0.25) is 0 Å². The first-order valence-corrected chi connectivity index (χ1v) is 11.7. The number of nitrogens with zero attached hydrogens (tertiary/aromatic N) is 3. The number of piperidine rings is 1. The predicted octanol–water partition coefficient (Wildman–Crippen LogP) is 3.13. The Morgan fingerprint density at radius 2 is 1.90 bits per heavy atom. The third-order valence-electron chi connectivity index (χ3n) is 6.10. The van der Waals surface area contributed by atoms with Crippen LogP contribution in [0, 0.1) is 0 Å². The van der Waals surface area contributed by atoms with Gasteiger partial charge in [-0.25, -0.2) is 0 Å².